The van der Waals surface area contributed by atoms with Crippen LogP contribution in [0.3, 0.4) is 0 Å². The van der Waals surface area contributed by atoms with Gasteiger partial charge in [-0.05, 0) is 19.1 Å². The van der Waals surface area contributed by atoms with Gasteiger partial charge < -0.3 is 19.1 Å². The Morgan fingerprint density at radius 1 is 0.852 bits per heavy atom. The smallest absolute Gasteiger partial charge is 0.262 e. The average molecular weight is 376 g/mol. The van der Waals surface area contributed by atoms with Crippen molar-refractivity contribution >= 4 is 17.7 Å². The molecule has 8 nitrogen and oxygen atoms in total. The van der Waals surface area contributed by atoms with E-state index in [0.29, 0.717) is 63.9 Å². The van der Waals surface area contributed by atoms with Gasteiger partial charge >= 0.3 is 0 Å². The van der Waals surface area contributed by atoms with Crippen molar-refractivity contribution in [1.29, 1.82) is 0 Å². The van der Waals surface area contributed by atoms with E-state index in [-0.39, 0.29) is 5.91 Å². The minimum absolute atomic E-state index is 0.301. The van der Waals surface area contributed by atoms with E-state index < -0.39 is 17.9 Å². The minimum atomic E-state index is -0.895. The molecule has 8 heteroatoms. The van der Waals surface area contributed by atoms with Crippen molar-refractivity contribution in [2.45, 2.75) is 13.0 Å². The van der Waals surface area contributed by atoms with E-state index in [1.165, 1.54) is 0 Å². The number of hydrogen-bond acceptors (Lipinski definition) is 6. The van der Waals surface area contributed by atoms with Crippen LogP contribution in [0, 0.1) is 0 Å². The van der Waals surface area contributed by atoms with Crippen molar-refractivity contribution in [3.8, 4) is 0 Å². The van der Waals surface area contributed by atoms with Crippen LogP contribution in [0.15, 0.2) is 24.3 Å². The molecule has 2 heterocycles. The molecule has 0 N–H and O–H groups in total. The van der Waals surface area contributed by atoms with Gasteiger partial charge in [0.1, 0.15) is 6.04 Å². The molecule has 146 valence electrons. The number of hydrogen-bond donors (Lipinski definition) is 0. The van der Waals surface area contributed by atoms with Crippen molar-refractivity contribution in [2.24, 2.45) is 0 Å². The molecule has 1 aromatic carbocycles. The predicted octanol–water partition coefficient (Wildman–Crippen LogP) is 0.563. The summed E-state index contributed by atoms with van der Waals surface area (Å²) in [5.41, 5.74) is 0.671. The first-order valence-corrected chi connectivity index (χ1v) is 9.10. The van der Waals surface area contributed by atoms with Crippen LogP contribution in [0.25, 0.3) is 0 Å². The summed E-state index contributed by atoms with van der Waals surface area (Å²) in [7, 11) is 0. The monoisotopic (exact) mass is 376 g/mol. The molecule has 0 aromatic heterocycles. The average Bonchev–Trinajstić information content (AvgIpc) is 2.92. The van der Waals surface area contributed by atoms with Gasteiger partial charge in [-0.1, -0.05) is 12.1 Å². The molecule has 2 aliphatic rings. The van der Waals surface area contributed by atoms with E-state index >= 15 is 0 Å². The number of benzene rings is 1. The lowest BCUT2D eigenvalue weighted by atomic mass is 10.1. The van der Waals surface area contributed by atoms with Crippen LogP contribution in [0.2, 0.25) is 0 Å². The van der Waals surface area contributed by atoms with Crippen molar-refractivity contribution in [2.75, 3.05) is 52.7 Å². The number of carbonyl (C=O) groups is 3. The summed E-state index contributed by atoms with van der Waals surface area (Å²) in [6.07, 6.45) is 0. The van der Waals surface area contributed by atoms with E-state index in [1.54, 1.807) is 36.1 Å². The van der Waals surface area contributed by atoms with Crippen LogP contribution in [-0.4, -0.2) is 86.3 Å². The topological polar surface area (TPSA) is 85.4 Å². The van der Waals surface area contributed by atoms with Gasteiger partial charge in [-0.25, -0.2) is 0 Å². The molecular formula is C19H24N2O6. The van der Waals surface area contributed by atoms with Gasteiger partial charge in [0.25, 0.3) is 11.8 Å². The molecule has 3 amide bonds. The number of ether oxygens (including phenoxy) is 3. The number of nitrogens with zero attached hydrogens (tertiary/aromatic N) is 2. The van der Waals surface area contributed by atoms with Gasteiger partial charge in [-0.15, -0.1) is 0 Å². The van der Waals surface area contributed by atoms with Gasteiger partial charge in [-0.3, -0.25) is 19.3 Å². The molecule has 0 bridgehead atoms. The highest BCUT2D eigenvalue weighted by Crippen LogP contribution is 2.25. The van der Waals surface area contributed by atoms with E-state index in [1.807, 2.05) is 0 Å². The first kappa shape index (κ1) is 19.5. The second kappa shape index (κ2) is 9.07. The first-order chi connectivity index (χ1) is 13.1. The minimum Gasteiger partial charge on any atom is -0.377 e. The third kappa shape index (κ3) is 4.35. The quantitative estimate of drug-likeness (QED) is 0.702. The molecule has 1 saturated heterocycles. The van der Waals surface area contributed by atoms with E-state index in [0.717, 1.165) is 4.90 Å². The lowest BCUT2D eigenvalue weighted by Crippen LogP contribution is -2.51. The summed E-state index contributed by atoms with van der Waals surface area (Å²) in [4.78, 5) is 40.8. The lowest BCUT2D eigenvalue weighted by molar-refractivity contribution is -0.137. The maximum Gasteiger partial charge on any atom is 0.262 e. The highest BCUT2D eigenvalue weighted by molar-refractivity contribution is 6.22. The van der Waals surface area contributed by atoms with Crippen molar-refractivity contribution in [1.82, 2.24) is 9.80 Å². The molecule has 0 spiro atoms. The molecule has 27 heavy (non-hydrogen) atoms. The molecule has 0 aliphatic carbocycles. The fraction of sp³-hybridized carbons (Fsp3) is 0.526. The summed E-state index contributed by atoms with van der Waals surface area (Å²) in [6.45, 7) is 4.83. The van der Waals surface area contributed by atoms with Crippen LogP contribution < -0.4 is 0 Å². The Bertz CT molecular complexity index is 660. The van der Waals surface area contributed by atoms with Crippen LogP contribution in [-0.2, 0) is 19.0 Å². The fourth-order valence-corrected chi connectivity index (χ4v) is 3.16. The zero-order valence-corrected chi connectivity index (χ0v) is 15.4. The Morgan fingerprint density at radius 3 is 1.78 bits per heavy atom. The second-order valence-corrected chi connectivity index (χ2v) is 6.36. The highest BCUT2D eigenvalue weighted by atomic mass is 16.5. The SMILES string of the molecule is C[C@H](C(=O)N1CCOCCOCCOCC1)N1C(=O)c2ccccc2C1=O. The molecule has 0 unspecified atom stereocenters. The van der Waals surface area contributed by atoms with Crippen LogP contribution in [0.4, 0.5) is 0 Å². The number of imide groups is 1. The number of rotatable bonds is 2. The Hall–Kier alpha value is -2.29. The van der Waals surface area contributed by atoms with E-state index in [4.69, 9.17) is 14.2 Å². The molecule has 1 aromatic rings. The maximum absolute atomic E-state index is 13.0. The van der Waals surface area contributed by atoms with Crippen molar-refractivity contribution < 1.29 is 28.6 Å². The van der Waals surface area contributed by atoms with Gasteiger partial charge in [-0.2, -0.15) is 0 Å². The summed E-state index contributed by atoms with van der Waals surface area (Å²) in [5, 5.41) is 0. The van der Waals surface area contributed by atoms with Gasteiger partial charge in [0.05, 0.1) is 50.8 Å². The number of fused-ring (bicyclic) bond motifs is 1. The zero-order chi connectivity index (χ0) is 19.2. The Kier molecular flexibility index (Phi) is 6.54. The fourth-order valence-electron chi connectivity index (χ4n) is 3.16. The first-order valence-electron chi connectivity index (χ1n) is 9.10. The van der Waals surface area contributed by atoms with Crippen LogP contribution in [0.1, 0.15) is 27.6 Å². The van der Waals surface area contributed by atoms with Crippen LogP contribution >= 0.6 is 0 Å². The molecule has 3 rings (SSSR count). The predicted molar refractivity (Wildman–Crippen MR) is 95.4 cm³/mol. The largest absolute Gasteiger partial charge is 0.377 e. The van der Waals surface area contributed by atoms with E-state index in [2.05, 4.69) is 0 Å². The number of carbonyl (C=O) groups excluding carboxylic acids is 3. The Morgan fingerprint density at radius 2 is 1.30 bits per heavy atom. The van der Waals surface area contributed by atoms with Gasteiger partial charge in [0.15, 0.2) is 0 Å². The van der Waals surface area contributed by atoms with Gasteiger partial charge in [0, 0.05) is 13.1 Å². The lowest BCUT2D eigenvalue weighted by Gasteiger charge is -2.29. The molecule has 1 fully saturated rings. The summed E-state index contributed by atoms with van der Waals surface area (Å²) in [5.74, 6) is -1.17. The highest BCUT2D eigenvalue weighted by Gasteiger charge is 2.41. The third-order valence-electron chi connectivity index (χ3n) is 4.64. The van der Waals surface area contributed by atoms with Crippen molar-refractivity contribution in [3.63, 3.8) is 0 Å². The third-order valence-corrected chi connectivity index (χ3v) is 4.64. The van der Waals surface area contributed by atoms with Crippen molar-refractivity contribution in [3.05, 3.63) is 35.4 Å². The molecule has 0 saturated carbocycles. The zero-order valence-electron chi connectivity index (χ0n) is 15.4. The van der Waals surface area contributed by atoms with Gasteiger partial charge in [0.2, 0.25) is 5.91 Å². The normalized spacial score (nSPS) is 20.6. The second-order valence-electron chi connectivity index (χ2n) is 6.36. The Balaban J connectivity index is 1.69. The molecule has 2 aliphatic heterocycles. The molecular weight excluding hydrogens is 352 g/mol. The summed E-state index contributed by atoms with van der Waals surface area (Å²) >= 11 is 0. The standard InChI is InChI=1S/C19H24N2O6/c1-14(21-18(23)15-4-2-3-5-16(15)19(21)24)17(22)20-6-8-25-10-12-27-13-11-26-9-7-20/h2-5,14H,6-13H2,1H3/t14-/m1/s1. The molecule has 1 atom stereocenters. The summed E-state index contributed by atoms with van der Waals surface area (Å²) < 4.78 is 16.3. The Labute approximate surface area is 158 Å². The summed E-state index contributed by atoms with van der Waals surface area (Å²) in [6, 6.07) is 5.72. The number of amides is 3. The van der Waals surface area contributed by atoms with Crippen LogP contribution in [0.5, 0.6) is 0 Å². The maximum atomic E-state index is 13.0. The molecule has 0 radical (unpaired) electrons. The van der Waals surface area contributed by atoms with E-state index in [9.17, 15) is 14.4 Å².